The van der Waals surface area contributed by atoms with Crippen molar-refractivity contribution >= 4 is 11.0 Å². The molecule has 1 N–H and O–H groups in total. The zero-order chi connectivity index (χ0) is 12.4. The molecule has 3 heteroatoms. The summed E-state index contributed by atoms with van der Waals surface area (Å²) in [6.45, 7) is 0. The van der Waals surface area contributed by atoms with E-state index in [-0.39, 0.29) is 0 Å². The van der Waals surface area contributed by atoms with Gasteiger partial charge in [-0.3, -0.25) is 9.97 Å². The van der Waals surface area contributed by atoms with Crippen molar-refractivity contribution in [2.24, 2.45) is 5.92 Å². The molecule has 1 unspecified atom stereocenters. The molecular weight excluding hydrogens is 222 g/mol. The number of hydrogen-bond donors (Lipinski definition) is 1. The highest BCUT2D eigenvalue weighted by Crippen LogP contribution is 2.36. The van der Waals surface area contributed by atoms with Crippen LogP contribution in [0.2, 0.25) is 0 Å². The van der Waals surface area contributed by atoms with Gasteiger partial charge in [0.1, 0.15) is 0 Å². The van der Waals surface area contributed by atoms with Crippen LogP contribution in [0, 0.1) is 5.92 Å². The minimum Gasteiger partial charge on any atom is -0.313 e. The van der Waals surface area contributed by atoms with E-state index in [0.29, 0.717) is 6.04 Å². The molecule has 1 aliphatic rings. The number of benzene rings is 1. The molecule has 3 rings (SSSR count). The highest BCUT2D eigenvalue weighted by Gasteiger charge is 2.22. The third-order valence-corrected chi connectivity index (χ3v) is 3.80. The maximum absolute atomic E-state index is 4.38. The Kier molecular flexibility index (Phi) is 3.24. The van der Waals surface area contributed by atoms with E-state index >= 15 is 0 Å². The average Bonchev–Trinajstić information content (AvgIpc) is 3.23. The Morgan fingerprint density at radius 1 is 1.22 bits per heavy atom. The molecule has 3 nitrogen and oxygen atoms in total. The first kappa shape index (κ1) is 11.6. The van der Waals surface area contributed by atoms with E-state index in [1.165, 1.54) is 31.2 Å². The number of nitrogens with one attached hydrogen (secondary N) is 1. The van der Waals surface area contributed by atoms with Crippen molar-refractivity contribution in [1.29, 1.82) is 0 Å². The lowest BCUT2D eigenvalue weighted by atomic mass is 10.00. The zero-order valence-corrected chi connectivity index (χ0v) is 10.8. The molecule has 0 amide bonds. The Bertz CT molecular complexity index is 534. The fourth-order valence-corrected chi connectivity index (χ4v) is 2.48. The number of hydrogen-bond acceptors (Lipinski definition) is 3. The Labute approximate surface area is 108 Å². The van der Waals surface area contributed by atoms with E-state index in [4.69, 9.17) is 0 Å². The molecule has 1 heterocycles. The molecule has 2 aromatic rings. The lowest BCUT2D eigenvalue weighted by molar-refractivity contribution is 0.507. The molecule has 0 spiro atoms. The molecule has 0 aliphatic heterocycles. The van der Waals surface area contributed by atoms with E-state index in [9.17, 15) is 0 Å². The Balaban J connectivity index is 1.81. The van der Waals surface area contributed by atoms with Gasteiger partial charge in [0.05, 0.1) is 11.0 Å². The predicted molar refractivity (Wildman–Crippen MR) is 73.3 cm³/mol. The first-order chi connectivity index (χ1) is 8.86. The van der Waals surface area contributed by atoms with Crippen LogP contribution in [-0.4, -0.2) is 17.0 Å². The molecule has 1 aliphatic carbocycles. The van der Waals surface area contributed by atoms with Crippen molar-refractivity contribution in [2.75, 3.05) is 7.05 Å². The zero-order valence-electron chi connectivity index (χ0n) is 10.8. The number of fused-ring (bicyclic) bond motifs is 1. The third-order valence-electron chi connectivity index (χ3n) is 3.80. The molecule has 1 aromatic carbocycles. The molecule has 94 valence electrons. The summed E-state index contributed by atoms with van der Waals surface area (Å²) in [5.41, 5.74) is 3.28. The van der Waals surface area contributed by atoms with Gasteiger partial charge in [-0.25, -0.2) is 0 Å². The second-order valence-electron chi connectivity index (χ2n) is 5.17. The van der Waals surface area contributed by atoms with Crippen molar-refractivity contribution in [2.45, 2.75) is 31.7 Å². The fourth-order valence-electron chi connectivity index (χ4n) is 2.48. The van der Waals surface area contributed by atoms with Crippen LogP contribution < -0.4 is 5.32 Å². The first-order valence-electron chi connectivity index (χ1n) is 6.75. The number of rotatable bonds is 5. The van der Waals surface area contributed by atoms with Gasteiger partial charge in [-0.2, -0.15) is 0 Å². The molecular formula is C15H19N3. The normalized spacial score (nSPS) is 16.9. The quantitative estimate of drug-likeness (QED) is 0.874. The van der Waals surface area contributed by atoms with Crippen LogP contribution in [0.3, 0.4) is 0 Å². The third kappa shape index (κ3) is 2.51. The van der Waals surface area contributed by atoms with E-state index in [0.717, 1.165) is 17.0 Å². The van der Waals surface area contributed by atoms with Crippen molar-refractivity contribution in [3.63, 3.8) is 0 Å². The summed E-state index contributed by atoms with van der Waals surface area (Å²) in [7, 11) is 2.04. The van der Waals surface area contributed by atoms with Crippen molar-refractivity contribution in [3.05, 3.63) is 36.2 Å². The summed E-state index contributed by atoms with van der Waals surface area (Å²) in [4.78, 5) is 8.68. The summed E-state index contributed by atoms with van der Waals surface area (Å²) < 4.78 is 0. The van der Waals surface area contributed by atoms with Crippen molar-refractivity contribution in [1.82, 2.24) is 15.3 Å². The van der Waals surface area contributed by atoms with E-state index in [1.807, 2.05) is 7.05 Å². The van der Waals surface area contributed by atoms with Crippen LogP contribution in [0.4, 0.5) is 0 Å². The second kappa shape index (κ2) is 5.02. The van der Waals surface area contributed by atoms with Gasteiger partial charge in [0.25, 0.3) is 0 Å². The van der Waals surface area contributed by atoms with Crippen molar-refractivity contribution < 1.29 is 0 Å². The minimum absolute atomic E-state index is 0.442. The van der Waals surface area contributed by atoms with Gasteiger partial charge in [0.2, 0.25) is 0 Å². The second-order valence-corrected chi connectivity index (χ2v) is 5.17. The molecule has 18 heavy (non-hydrogen) atoms. The molecule has 0 bridgehead atoms. The van der Waals surface area contributed by atoms with E-state index < -0.39 is 0 Å². The van der Waals surface area contributed by atoms with Gasteiger partial charge in [0.15, 0.2) is 0 Å². The Morgan fingerprint density at radius 2 is 2.00 bits per heavy atom. The van der Waals surface area contributed by atoms with Gasteiger partial charge in [0, 0.05) is 18.4 Å². The topological polar surface area (TPSA) is 37.8 Å². The molecule has 1 atom stereocenters. The predicted octanol–water partition coefficient (Wildman–Crippen LogP) is 3.08. The number of aromatic nitrogens is 2. The van der Waals surface area contributed by atoms with Crippen LogP contribution >= 0.6 is 0 Å². The van der Waals surface area contributed by atoms with Crippen molar-refractivity contribution in [3.8, 4) is 0 Å². The highest BCUT2D eigenvalue weighted by molar-refractivity contribution is 5.74. The lowest BCUT2D eigenvalue weighted by Crippen LogP contribution is -2.16. The van der Waals surface area contributed by atoms with Gasteiger partial charge in [-0.1, -0.05) is 18.9 Å². The number of nitrogens with zero attached hydrogens (tertiary/aromatic N) is 2. The van der Waals surface area contributed by atoms with Gasteiger partial charge in [-0.05, 0) is 43.5 Å². The summed E-state index contributed by atoms with van der Waals surface area (Å²) in [5, 5.41) is 3.42. The molecule has 0 radical (unpaired) electrons. The smallest absolute Gasteiger partial charge is 0.0890 e. The fraction of sp³-hybridized carbons (Fsp3) is 0.467. The van der Waals surface area contributed by atoms with Gasteiger partial charge in [-0.15, -0.1) is 0 Å². The van der Waals surface area contributed by atoms with Crippen LogP contribution in [0.1, 0.15) is 37.3 Å². The SMILES string of the molecule is CNC(CCC1CC1)c1ccc2nccnc2c1. The van der Waals surface area contributed by atoms with Crippen LogP contribution in [0.15, 0.2) is 30.6 Å². The maximum atomic E-state index is 4.38. The lowest BCUT2D eigenvalue weighted by Gasteiger charge is -2.16. The molecule has 1 saturated carbocycles. The first-order valence-corrected chi connectivity index (χ1v) is 6.75. The molecule has 1 fully saturated rings. The highest BCUT2D eigenvalue weighted by atomic mass is 14.9. The van der Waals surface area contributed by atoms with Gasteiger partial charge < -0.3 is 5.32 Å². The van der Waals surface area contributed by atoms with E-state index in [1.54, 1.807) is 12.4 Å². The van der Waals surface area contributed by atoms with Gasteiger partial charge >= 0.3 is 0 Å². The monoisotopic (exact) mass is 241 g/mol. The minimum atomic E-state index is 0.442. The van der Waals surface area contributed by atoms with Crippen LogP contribution in [0.25, 0.3) is 11.0 Å². The Morgan fingerprint density at radius 3 is 2.72 bits per heavy atom. The summed E-state index contributed by atoms with van der Waals surface area (Å²) in [5.74, 6) is 0.987. The summed E-state index contributed by atoms with van der Waals surface area (Å²) in [6, 6.07) is 6.85. The maximum Gasteiger partial charge on any atom is 0.0890 e. The molecule has 0 saturated heterocycles. The van der Waals surface area contributed by atoms with E-state index in [2.05, 4.69) is 33.5 Å². The summed E-state index contributed by atoms with van der Waals surface area (Å²) >= 11 is 0. The average molecular weight is 241 g/mol. The standard InChI is InChI=1S/C15H19N3/c1-16-13(6-4-11-2-3-11)12-5-7-14-15(10-12)18-9-8-17-14/h5,7-11,13,16H,2-4,6H2,1H3. The Hall–Kier alpha value is -1.48. The summed E-state index contributed by atoms with van der Waals surface area (Å²) in [6.07, 6.45) is 8.91. The van der Waals surface area contributed by atoms with Crippen LogP contribution in [-0.2, 0) is 0 Å². The molecule has 1 aromatic heterocycles. The van der Waals surface area contributed by atoms with Crippen LogP contribution in [0.5, 0.6) is 0 Å². The largest absolute Gasteiger partial charge is 0.313 e.